The number of hydrogen-bond acceptors (Lipinski definition) is 5. The molecule has 1 aromatic rings. The summed E-state index contributed by atoms with van der Waals surface area (Å²) < 4.78 is 26.4. The second-order valence-electron chi connectivity index (χ2n) is 4.49. The van der Waals surface area contributed by atoms with Crippen LogP contribution in [0.3, 0.4) is 0 Å². The second kappa shape index (κ2) is 6.33. The van der Waals surface area contributed by atoms with Crippen LogP contribution >= 0.6 is 0 Å². The molecule has 1 aliphatic rings. The van der Waals surface area contributed by atoms with E-state index in [0.717, 1.165) is 12.8 Å². The van der Waals surface area contributed by atoms with E-state index in [1.807, 2.05) is 0 Å². The van der Waals surface area contributed by atoms with Gasteiger partial charge in [-0.05, 0) is 18.9 Å². The fourth-order valence-corrected chi connectivity index (χ4v) is 3.54. The van der Waals surface area contributed by atoms with Gasteiger partial charge >= 0.3 is 0 Å². The number of rotatable bonds is 5. The summed E-state index contributed by atoms with van der Waals surface area (Å²) >= 11 is 0. The summed E-state index contributed by atoms with van der Waals surface area (Å²) in [4.78, 5) is 4.01. The highest BCUT2D eigenvalue weighted by molar-refractivity contribution is 7.89. The number of aliphatic hydroxyl groups is 1. The molecule has 3 N–H and O–H groups in total. The van der Waals surface area contributed by atoms with Crippen LogP contribution in [0, 0.1) is 11.8 Å². The molecule has 0 unspecified atom stereocenters. The summed E-state index contributed by atoms with van der Waals surface area (Å²) in [5.74, 6) is 5.42. The average Bonchev–Trinajstić information content (AvgIpc) is 3.27. The van der Waals surface area contributed by atoms with Crippen molar-refractivity contribution in [2.24, 2.45) is 5.73 Å². The molecule has 0 aliphatic heterocycles. The molecule has 0 aromatic carbocycles. The Hall–Kier alpha value is -1.46. The van der Waals surface area contributed by atoms with Crippen molar-refractivity contribution < 1.29 is 13.5 Å². The molecule has 0 saturated heterocycles. The molecule has 1 fully saturated rings. The molecule has 0 atom stereocenters. The predicted octanol–water partition coefficient (Wildman–Crippen LogP) is -0.463. The molecular weight excluding hydrogens is 278 g/mol. The molecule has 0 radical (unpaired) electrons. The third-order valence-electron chi connectivity index (χ3n) is 2.93. The first kappa shape index (κ1) is 14.9. The molecule has 1 aromatic heterocycles. The molecule has 6 nitrogen and oxygen atoms in total. The van der Waals surface area contributed by atoms with Gasteiger partial charge in [0.25, 0.3) is 0 Å². The van der Waals surface area contributed by atoms with Crippen molar-refractivity contribution in [2.75, 3.05) is 19.7 Å². The Labute approximate surface area is 118 Å². The lowest BCUT2D eigenvalue weighted by Crippen LogP contribution is -2.35. The lowest BCUT2D eigenvalue weighted by atomic mass is 10.3. The molecule has 2 rings (SSSR count). The van der Waals surface area contributed by atoms with Gasteiger partial charge in [-0.25, -0.2) is 8.42 Å². The highest BCUT2D eigenvalue weighted by Gasteiger charge is 2.37. The third-order valence-corrected chi connectivity index (χ3v) is 4.85. The summed E-state index contributed by atoms with van der Waals surface area (Å²) in [6, 6.07) is 1.48. The molecule has 0 bridgehead atoms. The largest absolute Gasteiger partial charge is 0.395 e. The average molecular weight is 295 g/mol. The van der Waals surface area contributed by atoms with Crippen molar-refractivity contribution >= 4 is 10.0 Å². The molecule has 1 saturated carbocycles. The second-order valence-corrected chi connectivity index (χ2v) is 6.38. The molecule has 1 heterocycles. The molecule has 0 amide bonds. The fourth-order valence-electron chi connectivity index (χ4n) is 1.88. The summed E-state index contributed by atoms with van der Waals surface area (Å²) in [6.07, 6.45) is 4.46. The number of hydrogen-bond donors (Lipinski definition) is 2. The van der Waals surface area contributed by atoms with Gasteiger partial charge in [-0.2, -0.15) is 4.31 Å². The van der Waals surface area contributed by atoms with E-state index in [-0.39, 0.29) is 30.6 Å². The summed E-state index contributed by atoms with van der Waals surface area (Å²) in [6.45, 7) is 0.108. The van der Waals surface area contributed by atoms with Crippen LogP contribution in [0.2, 0.25) is 0 Å². The van der Waals surface area contributed by atoms with E-state index in [1.54, 1.807) is 0 Å². The van der Waals surface area contributed by atoms with Crippen LogP contribution in [0.4, 0.5) is 0 Å². The number of sulfonamides is 1. The van der Waals surface area contributed by atoms with E-state index in [1.165, 1.54) is 22.8 Å². The first-order chi connectivity index (χ1) is 9.59. The zero-order chi connectivity index (χ0) is 14.6. The number of pyridine rings is 1. The van der Waals surface area contributed by atoms with Crippen LogP contribution in [0.1, 0.15) is 18.4 Å². The number of aromatic nitrogens is 1. The van der Waals surface area contributed by atoms with E-state index in [9.17, 15) is 8.42 Å². The molecule has 1 aliphatic carbocycles. The van der Waals surface area contributed by atoms with Crippen LogP contribution in [0.25, 0.3) is 0 Å². The Morgan fingerprint density at radius 1 is 1.45 bits per heavy atom. The van der Waals surface area contributed by atoms with E-state index < -0.39 is 10.0 Å². The minimum atomic E-state index is -3.64. The Balaban J connectivity index is 2.32. The van der Waals surface area contributed by atoms with Gasteiger partial charge in [0.05, 0.1) is 13.2 Å². The quantitative estimate of drug-likeness (QED) is 0.716. The normalized spacial score (nSPS) is 14.9. The molecule has 108 valence electrons. The smallest absolute Gasteiger partial charge is 0.244 e. The van der Waals surface area contributed by atoms with Gasteiger partial charge in [0.15, 0.2) is 0 Å². The first-order valence-electron chi connectivity index (χ1n) is 6.36. The van der Waals surface area contributed by atoms with Crippen molar-refractivity contribution in [3.63, 3.8) is 0 Å². The van der Waals surface area contributed by atoms with E-state index in [0.29, 0.717) is 5.56 Å². The Morgan fingerprint density at radius 2 is 2.20 bits per heavy atom. The minimum Gasteiger partial charge on any atom is -0.395 e. The van der Waals surface area contributed by atoms with Crippen LogP contribution < -0.4 is 5.73 Å². The van der Waals surface area contributed by atoms with Gasteiger partial charge in [-0.15, -0.1) is 0 Å². The van der Waals surface area contributed by atoms with Gasteiger partial charge < -0.3 is 10.8 Å². The Kier molecular flexibility index (Phi) is 4.73. The van der Waals surface area contributed by atoms with E-state index in [4.69, 9.17) is 10.8 Å². The third kappa shape index (κ3) is 3.35. The monoisotopic (exact) mass is 295 g/mol. The zero-order valence-electron chi connectivity index (χ0n) is 11.0. The molecule has 20 heavy (non-hydrogen) atoms. The first-order valence-corrected chi connectivity index (χ1v) is 7.80. The van der Waals surface area contributed by atoms with Gasteiger partial charge in [0.2, 0.25) is 10.0 Å². The fraction of sp³-hybridized carbons (Fsp3) is 0.462. The summed E-state index contributed by atoms with van der Waals surface area (Å²) in [7, 11) is -3.64. The van der Waals surface area contributed by atoms with Crippen molar-refractivity contribution in [2.45, 2.75) is 23.8 Å². The lowest BCUT2D eigenvalue weighted by molar-refractivity contribution is 0.250. The van der Waals surface area contributed by atoms with Crippen LogP contribution in [0.15, 0.2) is 23.4 Å². The van der Waals surface area contributed by atoms with Gasteiger partial charge in [0, 0.05) is 30.5 Å². The lowest BCUT2D eigenvalue weighted by Gasteiger charge is -2.20. The SMILES string of the molecule is NCC#Cc1cncc(S(=O)(=O)N(CCO)C2CC2)c1. The number of aliphatic hydroxyl groups excluding tert-OH is 1. The molecule has 7 heteroatoms. The van der Waals surface area contributed by atoms with E-state index >= 15 is 0 Å². The van der Waals surface area contributed by atoms with E-state index in [2.05, 4.69) is 16.8 Å². The van der Waals surface area contributed by atoms with Crippen molar-refractivity contribution in [3.8, 4) is 11.8 Å². The van der Waals surface area contributed by atoms with Crippen LogP contribution in [-0.4, -0.2) is 48.6 Å². The van der Waals surface area contributed by atoms with Crippen LogP contribution in [-0.2, 0) is 10.0 Å². The topological polar surface area (TPSA) is 96.5 Å². The minimum absolute atomic E-state index is 0.00840. The highest BCUT2D eigenvalue weighted by atomic mass is 32.2. The maximum atomic E-state index is 12.5. The zero-order valence-corrected chi connectivity index (χ0v) is 11.8. The maximum Gasteiger partial charge on any atom is 0.244 e. The Bertz CT molecular complexity index is 630. The van der Waals surface area contributed by atoms with Crippen molar-refractivity contribution in [1.82, 2.24) is 9.29 Å². The summed E-state index contributed by atoms with van der Waals surface area (Å²) in [5.41, 5.74) is 5.80. The highest BCUT2D eigenvalue weighted by Crippen LogP contribution is 2.31. The van der Waals surface area contributed by atoms with Crippen LogP contribution in [0.5, 0.6) is 0 Å². The van der Waals surface area contributed by atoms with Gasteiger partial charge in [-0.1, -0.05) is 11.8 Å². The number of nitrogens with two attached hydrogens (primary N) is 1. The number of nitrogens with zero attached hydrogens (tertiary/aromatic N) is 2. The van der Waals surface area contributed by atoms with Crippen molar-refractivity contribution in [3.05, 3.63) is 24.0 Å². The summed E-state index contributed by atoms with van der Waals surface area (Å²) in [5, 5.41) is 9.04. The van der Waals surface area contributed by atoms with Gasteiger partial charge in [0.1, 0.15) is 4.90 Å². The predicted molar refractivity (Wildman–Crippen MR) is 74.2 cm³/mol. The Morgan fingerprint density at radius 3 is 2.80 bits per heavy atom. The molecule has 0 spiro atoms. The van der Waals surface area contributed by atoms with Gasteiger partial charge in [-0.3, -0.25) is 4.98 Å². The molecular formula is C13H17N3O3S. The maximum absolute atomic E-state index is 12.5. The standard InChI is InChI=1S/C13H17N3O3S/c14-5-1-2-11-8-13(10-15-9-11)20(18,19)16(6-7-17)12-3-4-12/h8-10,12,17H,3-7,14H2. The van der Waals surface area contributed by atoms with Crippen molar-refractivity contribution in [1.29, 1.82) is 0 Å².